The monoisotopic (exact) mass is 158 g/mol. The highest BCUT2D eigenvalue weighted by Crippen LogP contribution is 2.28. The Balaban J connectivity index is 2.85. The van der Waals surface area contributed by atoms with E-state index in [0.29, 0.717) is 12.3 Å². The van der Waals surface area contributed by atoms with Crippen molar-refractivity contribution in [3.8, 4) is 0 Å². The van der Waals surface area contributed by atoms with E-state index in [1.807, 2.05) is 6.92 Å². The number of rotatable bonds is 0. The Hall–Kier alpha value is -0.300. The van der Waals surface area contributed by atoms with Gasteiger partial charge < -0.3 is 0 Å². The number of allylic oxidation sites excluding steroid dienone is 2. The quantitative estimate of drug-likeness (QED) is 0.530. The van der Waals surface area contributed by atoms with E-state index in [0.717, 1.165) is 17.0 Å². The van der Waals surface area contributed by atoms with Gasteiger partial charge in [0.15, 0.2) is 5.78 Å². The molecule has 0 saturated carbocycles. The van der Waals surface area contributed by atoms with Crippen LogP contribution >= 0.6 is 11.6 Å². The molecular formula is C8H11ClO. The van der Waals surface area contributed by atoms with Crippen molar-refractivity contribution in [2.24, 2.45) is 5.92 Å². The van der Waals surface area contributed by atoms with Gasteiger partial charge in [0.05, 0.1) is 0 Å². The van der Waals surface area contributed by atoms with Crippen LogP contribution in [0.3, 0.4) is 0 Å². The second-order valence-corrected chi connectivity index (χ2v) is 3.42. The number of halogens is 1. The molecule has 0 fully saturated rings. The van der Waals surface area contributed by atoms with E-state index in [4.69, 9.17) is 11.6 Å². The van der Waals surface area contributed by atoms with Crippen molar-refractivity contribution in [3.63, 3.8) is 0 Å². The fraction of sp³-hybridized carbons (Fsp3) is 0.625. The summed E-state index contributed by atoms with van der Waals surface area (Å²) >= 11 is 5.82. The van der Waals surface area contributed by atoms with Crippen LogP contribution in [0.5, 0.6) is 0 Å². The highest BCUT2D eigenvalue weighted by molar-refractivity contribution is 6.32. The number of ketones is 1. The van der Waals surface area contributed by atoms with Crippen molar-refractivity contribution in [2.75, 3.05) is 0 Å². The van der Waals surface area contributed by atoms with E-state index in [1.54, 1.807) is 6.92 Å². The predicted molar refractivity (Wildman–Crippen MR) is 42.0 cm³/mol. The van der Waals surface area contributed by atoms with Crippen molar-refractivity contribution in [1.82, 2.24) is 0 Å². The zero-order valence-electron chi connectivity index (χ0n) is 6.28. The lowest BCUT2D eigenvalue weighted by Crippen LogP contribution is -2.13. The van der Waals surface area contributed by atoms with Gasteiger partial charge in [-0.05, 0) is 19.3 Å². The van der Waals surface area contributed by atoms with Crippen LogP contribution in [0.25, 0.3) is 0 Å². The Morgan fingerprint density at radius 2 is 2.10 bits per heavy atom. The summed E-state index contributed by atoms with van der Waals surface area (Å²) in [4.78, 5) is 11.1. The highest BCUT2D eigenvalue weighted by Gasteiger charge is 2.20. The maximum absolute atomic E-state index is 11.1. The molecule has 0 heterocycles. The maximum Gasteiger partial charge on any atom is 0.160 e. The van der Waals surface area contributed by atoms with Crippen LogP contribution in [0.4, 0.5) is 0 Å². The van der Waals surface area contributed by atoms with E-state index >= 15 is 0 Å². The van der Waals surface area contributed by atoms with Crippen LogP contribution in [0.2, 0.25) is 0 Å². The first-order valence-electron chi connectivity index (χ1n) is 3.49. The second-order valence-electron chi connectivity index (χ2n) is 2.97. The van der Waals surface area contributed by atoms with Crippen molar-refractivity contribution in [1.29, 1.82) is 0 Å². The number of Topliss-reactive ketones (excluding diaryl/α,β-unsaturated/α-hetero) is 1. The van der Waals surface area contributed by atoms with E-state index in [9.17, 15) is 4.79 Å². The molecule has 1 aliphatic carbocycles. The van der Waals surface area contributed by atoms with Crippen molar-refractivity contribution >= 4 is 17.4 Å². The van der Waals surface area contributed by atoms with Crippen LogP contribution in [0.15, 0.2) is 10.6 Å². The molecule has 0 saturated heterocycles. The average Bonchev–Trinajstić information content (AvgIpc) is 1.82. The third-order valence-electron chi connectivity index (χ3n) is 1.89. The second kappa shape index (κ2) is 2.75. The summed E-state index contributed by atoms with van der Waals surface area (Å²) in [5.74, 6) is 0.646. The van der Waals surface area contributed by atoms with Gasteiger partial charge in [-0.15, -0.1) is 0 Å². The fourth-order valence-corrected chi connectivity index (χ4v) is 1.52. The summed E-state index contributed by atoms with van der Waals surface area (Å²) < 4.78 is 0. The largest absolute Gasteiger partial charge is 0.295 e. The SMILES string of the molecule is CC1=C(Cl)CC(C)CC1=O. The third-order valence-corrected chi connectivity index (χ3v) is 2.32. The molecule has 0 aromatic carbocycles. The molecule has 1 atom stereocenters. The number of carbonyl (C=O) groups is 1. The zero-order valence-corrected chi connectivity index (χ0v) is 7.03. The standard InChI is InChI=1S/C8H11ClO/c1-5-3-7(9)6(2)8(10)4-5/h5H,3-4H2,1-2H3. The first-order valence-corrected chi connectivity index (χ1v) is 3.87. The Morgan fingerprint density at radius 3 is 2.60 bits per heavy atom. The summed E-state index contributed by atoms with van der Waals surface area (Å²) in [6, 6.07) is 0. The molecule has 0 aromatic rings. The van der Waals surface area contributed by atoms with Crippen molar-refractivity contribution in [2.45, 2.75) is 26.7 Å². The smallest absolute Gasteiger partial charge is 0.160 e. The number of hydrogen-bond donors (Lipinski definition) is 0. The average molecular weight is 159 g/mol. The van der Waals surface area contributed by atoms with Gasteiger partial charge >= 0.3 is 0 Å². The highest BCUT2D eigenvalue weighted by atomic mass is 35.5. The first kappa shape index (κ1) is 7.80. The van der Waals surface area contributed by atoms with Gasteiger partial charge in [-0.2, -0.15) is 0 Å². The minimum Gasteiger partial charge on any atom is -0.295 e. The molecule has 0 amide bonds. The van der Waals surface area contributed by atoms with E-state index < -0.39 is 0 Å². The summed E-state index contributed by atoms with van der Waals surface area (Å²) in [5, 5.41) is 0.753. The normalized spacial score (nSPS) is 27.5. The van der Waals surface area contributed by atoms with E-state index in [-0.39, 0.29) is 5.78 Å². The molecular weight excluding hydrogens is 148 g/mol. The van der Waals surface area contributed by atoms with Gasteiger partial charge in [0, 0.05) is 17.0 Å². The molecule has 2 heteroatoms. The van der Waals surface area contributed by atoms with Crippen LogP contribution in [-0.4, -0.2) is 5.78 Å². The summed E-state index contributed by atoms with van der Waals surface area (Å²) in [6.07, 6.45) is 1.54. The predicted octanol–water partition coefficient (Wildman–Crippen LogP) is 2.50. The molecule has 0 N–H and O–H groups in total. The summed E-state index contributed by atoms with van der Waals surface area (Å²) in [7, 11) is 0. The molecule has 56 valence electrons. The molecule has 10 heavy (non-hydrogen) atoms. The number of carbonyl (C=O) groups excluding carboxylic acids is 1. The summed E-state index contributed by atoms with van der Waals surface area (Å²) in [6.45, 7) is 3.85. The molecule has 1 unspecified atom stereocenters. The van der Waals surface area contributed by atoms with Gasteiger partial charge in [-0.25, -0.2) is 0 Å². The van der Waals surface area contributed by atoms with E-state index in [2.05, 4.69) is 0 Å². The Morgan fingerprint density at radius 1 is 1.50 bits per heavy atom. The minimum atomic E-state index is 0.212. The maximum atomic E-state index is 11.1. The lowest BCUT2D eigenvalue weighted by Gasteiger charge is -2.17. The van der Waals surface area contributed by atoms with Crippen LogP contribution in [-0.2, 0) is 4.79 Å². The molecule has 1 rings (SSSR count). The molecule has 0 aromatic heterocycles. The molecule has 0 radical (unpaired) electrons. The van der Waals surface area contributed by atoms with Crippen LogP contribution in [0.1, 0.15) is 26.7 Å². The van der Waals surface area contributed by atoms with Gasteiger partial charge in [0.25, 0.3) is 0 Å². The van der Waals surface area contributed by atoms with E-state index in [1.165, 1.54) is 0 Å². The van der Waals surface area contributed by atoms with Crippen LogP contribution < -0.4 is 0 Å². The lowest BCUT2D eigenvalue weighted by atomic mass is 9.91. The number of hydrogen-bond acceptors (Lipinski definition) is 1. The van der Waals surface area contributed by atoms with Crippen molar-refractivity contribution in [3.05, 3.63) is 10.6 Å². The molecule has 1 aliphatic rings. The Kier molecular flexibility index (Phi) is 2.14. The minimum absolute atomic E-state index is 0.212. The topological polar surface area (TPSA) is 17.1 Å². The Labute approximate surface area is 66.1 Å². The van der Waals surface area contributed by atoms with Crippen LogP contribution in [0, 0.1) is 5.92 Å². The Bertz CT molecular complexity index is 193. The lowest BCUT2D eigenvalue weighted by molar-refractivity contribution is -0.116. The molecule has 0 spiro atoms. The molecule has 1 nitrogen and oxygen atoms in total. The third kappa shape index (κ3) is 1.40. The fourth-order valence-electron chi connectivity index (χ4n) is 1.15. The molecule has 0 aliphatic heterocycles. The van der Waals surface area contributed by atoms with Crippen molar-refractivity contribution < 1.29 is 4.79 Å². The zero-order chi connectivity index (χ0) is 7.72. The van der Waals surface area contributed by atoms with Gasteiger partial charge in [-0.3, -0.25) is 4.79 Å². The first-order chi connectivity index (χ1) is 4.61. The van der Waals surface area contributed by atoms with Gasteiger partial charge in [-0.1, -0.05) is 18.5 Å². The van der Waals surface area contributed by atoms with Gasteiger partial charge in [0.1, 0.15) is 0 Å². The summed E-state index contributed by atoms with van der Waals surface area (Å²) in [5.41, 5.74) is 0.764. The molecule has 0 bridgehead atoms. The van der Waals surface area contributed by atoms with Gasteiger partial charge in [0.2, 0.25) is 0 Å².